The van der Waals surface area contributed by atoms with Gasteiger partial charge in [0.1, 0.15) is 0 Å². The number of aliphatic hydroxyl groups is 1. The molecule has 2 N–H and O–H groups in total. The largest absolute Gasteiger partial charge is 0.396 e. The second-order valence-corrected chi connectivity index (χ2v) is 4.90. The maximum Gasteiger partial charge on any atom is 0.264 e. The van der Waals surface area contributed by atoms with Gasteiger partial charge < -0.3 is 9.84 Å². The smallest absolute Gasteiger partial charge is 0.264 e. The summed E-state index contributed by atoms with van der Waals surface area (Å²) < 4.78 is 34.1. The van der Waals surface area contributed by atoms with Crippen LogP contribution < -0.4 is 0 Å². The van der Waals surface area contributed by atoms with Crippen molar-refractivity contribution in [1.82, 2.24) is 0 Å². The molecular weight excluding hydrogens is 208 g/mol. The lowest BCUT2D eigenvalue weighted by Crippen LogP contribution is -2.11. The van der Waals surface area contributed by atoms with E-state index in [0.29, 0.717) is 26.1 Å². The Morgan fingerprint density at radius 2 is 2.07 bits per heavy atom. The summed E-state index contributed by atoms with van der Waals surface area (Å²) >= 11 is 0. The Balaban J connectivity index is 3.30. The summed E-state index contributed by atoms with van der Waals surface area (Å²) in [5.41, 5.74) is 0. The first-order chi connectivity index (χ1) is 6.45. The average Bonchev–Trinajstić information content (AvgIpc) is 2.02. The van der Waals surface area contributed by atoms with Crippen LogP contribution in [0.3, 0.4) is 0 Å². The zero-order valence-corrected chi connectivity index (χ0v) is 9.16. The van der Waals surface area contributed by atoms with Crippen molar-refractivity contribution in [2.24, 2.45) is 5.92 Å². The molecule has 0 aliphatic rings. The van der Waals surface area contributed by atoms with Crippen molar-refractivity contribution in [2.75, 3.05) is 25.6 Å². The minimum atomic E-state index is -3.86. The van der Waals surface area contributed by atoms with Gasteiger partial charge in [-0.3, -0.25) is 4.55 Å². The van der Waals surface area contributed by atoms with Gasteiger partial charge >= 0.3 is 0 Å². The van der Waals surface area contributed by atoms with Crippen LogP contribution in [0.5, 0.6) is 0 Å². The van der Waals surface area contributed by atoms with E-state index in [2.05, 4.69) is 0 Å². The van der Waals surface area contributed by atoms with Gasteiger partial charge in [-0.15, -0.1) is 0 Å². The molecule has 0 bridgehead atoms. The zero-order valence-electron chi connectivity index (χ0n) is 8.35. The number of aliphatic hydroxyl groups excluding tert-OH is 1. The number of rotatable bonds is 8. The van der Waals surface area contributed by atoms with Crippen LogP contribution in [-0.4, -0.2) is 43.7 Å². The molecule has 0 amide bonds. The van der Waals surface area contributed by atoms with E-state index in [9.17, 15) is 8.42 Å². The molecule has 6 heteroatoms. The van der Waals surface area contributed by atoms with Gasteiger partial charge in [0.15, 0.2) is 0 Å². The van der Waals surface area contributed by atoms with E-state index >= 15 is 0 Å². The third kappa shape index (κ3) is 9.91. The summed E-state index contributed by atoms with van der Waals surface area (Å²) in [5, 5.41) is 8.58. The topological polar surface area (TPSA) is 83.8 Å². The van der Waals surface area contributed by atoms with Gasteiger partial charge in [0.25, 0.3) is 10.1 Å². The third-order valence-electron chi connectivity index (χ3n) is 1.72. The summed E-state index contributed by atoms with van der Waals surface area (Å²) in [5.74, 6) is 0.00668. The molecule has 86 valence electrons. The van der Waals surface area contributed by atoms with E-state index in [1.165, 1.54) is 0 Å². The van der Waals surface area contributed by atoms with E-state index in [0.717, 1.165) is 0 Å². The molecular formula is C8H18O5S. The molecule has 0 aliphatic heterocycles. The molecule has 0 saturated heterocycles. The molecule has 0 fully saturated rings. The predicted molar refractivity (Wildman–Crippen MR) is 52.7 cm³/mol. The van der Waals surface area contributed by atoms with Crippen molar-refractivity contribution in [3.8, 4) is 0 Å². The highest BCUT2D eigenvalue weighted by Crippen LogP contribution is 2.01. The fraction of sp³-hybridized carbons (Fsp3) is 1.00. The van der Waals surface area contributed by atoms with Crippen LogP contribution >= 0.6 is 0 Å². The lowest BCUT2D eigenvalue weighted by atomic mass is 10.1. The SMILES string of the molecule is CC(CCO)COCCCS(=O)(=O)O. The summed E-state index contributed by atoms with van der Waals surface area (Å²) in [6.45, 7) is 2.90. The molecule has 0 aromatic rings. The van der Waals surface area contributed by atoms with Crippen LogP contribution in [0.25, 0.3) is 0 Å². The van der Waals surface area contributed by atoms with Crippen LogP contribution in [0.15, 0.2) is 0 Å². The molecule has 0 radical (unpaired) electrons. The van der Waals surface area contributed by atoms with Gasteiger partial charge in [0.2, 0.25) is 0 Å². The standard InChI is InChI=1S/C8H18O5S/c1-8(3-4-9)7-13-5-2-6-14(10,11)12/h8-9H,2-7H2,1H3,(H,10,11,12). The Hall–Kier alpha value is -0.170. The van der Waals surface area contributed by atoms with Crippen LogP contribution in [0, 0.1) is 5.92 Å². The maximum absolute atomic E-state index is 10.3. The first-order valence-corrected chi connectivity index (χ1v) is 6.20. The number of ether oxygens (including phenoxy) is 1. The minimum absolute atomic E-state index is 0.134. The average molecular weight is 226 g/mol. The number of hydrogen-bond acceptors (Lipinski definition) is 4. The number of hydrogen-bond donors (Lipinski definition) is 2. The molecule has 14 heavy (non-hydrogen) atoms. The van der Waals surface area contributed by atoms with Gasteiger partial charge in [-0.05, 0) is 18.8 Å². The Morgan fingerprint density at radius 3 is 2.57 bits per heavy atom. The lowest BCUT2D eigenvalue weighted by Gasteiger charge is -2.09. The first kappa shape index (κ1) is 13.8. The van der Waals surface area contributed by atoms with Crippen LogP contribution in [0.2, 0.25) is 0 Å². The molecule has 0 aliphatic carbocycles. The van der Waals surface area contributed by atoms with E-state index in [1.807, 2.05) is 6.92 Å². The maximum atomic E-state index is 10.3. The third-order valence-corrected chi connectivity index (χ3v) is 2.52. The van der Waals surface area contributed by atoms with Crippen LogP contribution in [0.4, 0.5) is 0 Å². The second kappa shape index (κ2) is 7.17. The minimum Gasteiger partial charge on any atom is -0.396 e. The van der Waals surface area contributed by atoms with Gasteiger partial charge in [0.05, 0.1) is 5.75 Å². The summed E-state index contributed by atoms with van der Waals surface area (Å²) in [7, 11) is -3.86. The Kier molecular flexibility index (Phi) is 7.08. The van der Waals surface area contributed by atoms with Crippen molar-refractivity contribution >= 4 is 10.1 Å². The van der Waals surface area contributed by atoms with Crippen molar-refractivity contribution in [2.45, 2.75) is 19.8 Å². The summed E-state index contributed by atoms with van der Waals surface area (Å²) in [6.07, 6.45) is 0.975. The lowest BCUT2D eigenvalue weighted by molar-refractivity contribution is 0.0949. The Labute approximate surface area is 84.8 Å². The highest BCUT2D eigenvalue weighted by Gasteiger charge is 2.04. The molecule has 0 rings (SSSR count). The fourth-order valence-corrected chi connectivity index (χ4v) is 1.41. The van der Waals surface area contributed by atoms with E-state index in [-0.39, 0.29) is 18.3 Å². The molecule has 1 unspecified atom stereocenters. The van der Waals surface area contributed by atoms with E-state index < -0.39 is 10.1 Å². The van der Waals surface area contributed by atoms with Gasteiger partial charge in [-0.25, -0.2) is 0 Å². The highest BCUT2D eigenvalue weighted by molar-refractivity contribution is 7.85. The van der Waals surface area contributed by atoms with E-state index in [4.69, 9.17) is 14.4 Å². The molecule has 1 atom stereocenters. The molecule has 5 nitrogen and oxygen atoms in total. The normalized spacial score (nSPS) is 14.2. The molecule has 0 spiro atoms. The van der Waals surface area contributed by atoms with Crippen LogP contribution in [0.1, 0.15) is 19.8 Å². The second-order valence-electron chi connectivity index (χ2n) is 3.33. The fourth-order valence-electron chi connectivity index (χ4n) is 0.932. The summed E-state index contributed by atoms with van der Waals surface area (Å²) in [4.78, 5) is 0. The molecule has 0 heterocycles. The summed E-state index contributed by atoms with van der Waals surface area (Å²) in [6, 6.07) is 0. The quantitative estimate of drug-likeness (QED) is 0.459. The van der Waals surface area contributed by atoms with Crippen molar-refractivity contribution in [3.63, 3.8) is 0 Å². The van der Waals surface area contributed by atoms with Crippen molar-refractivity contribution < 1.29 is 22.8 Å². The Morgan fingerprint density at radius 1 is 1.43 bits per heavy atom. The van der Waals surface area contributed by atoms with Gasteiger partial charge in [-0.2, -0.15) is 8.42 Å². The van der Waals surface area contributed by atoms with Crippen molar-refractivity contribution in [3.05, 3.63) is 0 Å². The molecule has 0 saturated carbocycles. The molecule has 0 aromatic heterocycles. The highest BCUT2D eigenvalue weighted by atomic mass is 32.2. The Bertz CT molecular complexity index is 224. The zero-order chi connectivity index (χ0) is 11.0. The van der Waals surface area contributed by atoms with Gasteiger partial charge in [-0.1, -0.05) is 6.92 Å². The van der Waals surface area contributed by atoms with Crippen LogP contribution in [-0.2, 0) is 14.9 Å². The van der Waals surface area contributed by atoms with E-state index in [1.54, 1.807) is 0 Å². The predicted octanol–water partition coefficient (Wildman–Crippen LogP) is 0.299. The molecule has 0 aromatic carbocycles. The van der Waals surface area contributed by atoms with Crippen molar-refractivity contribution in [1.29, 1.82) is 0 Å². The monoisotopic (exact) mass is 226 g/mol. The first-order valence-electron chi connectivity index (χ1n) is 4.59. The van der Waals surface area contributed by atoms with Gasteiger partial charge in [0, 0.05) is 19.8 Å².